The molecular formula is C24H31N5O3. The summed E-state index contributed by atoms with van der Waals surface area (Å²) in [7, 11) is 0. The van der Waals surface area contributed by atoms with E-state index in [9.17, 15) is 14.4 Å². The Morgan fingerprint density at radius 3 is 2.56 bits per heavy atom. The van der Waals surface area contributed by atoms with E-state index < -0.39 is 0 Å². The zero-order valence-electron chi connectivity index (χ0n) is 18.7. The van der Waals surface area contributed by atoms with Gasteiger partial charge < -0.3 is 15.6 Å². The minimum atomic E-state index is -0.236. The minimum absolute atomic E-state index is 0.0178. The molecule has 32 heavy (non-hydrogen) atoms. The van der Waals surface area contributed by atoms with Gasteiger partial charge in [0.15, 0.2) is 0 Å². The van der Waals surface area contributed by atoms with Gasteiger partial charge in [-0.3, -0.25) is 19.3 Å². The second-order valence-corrected chi connectivity index (χ2v) is 9.05. The molecule has 2 aliphatic rings. The molecule has 2 aromatic rings. The number of hydrogen-bond donors (Lipinski definition) is 3. The fraction of sp³-hybridized carbons (Fsp3) is 0.500. The van der Waals surface area contributed by atoms with Gasteiger partial charge >= 0.3 is 0 Å². The highest BCUT2D eigenvalue weighted by atomic mass is 16.2. The molecule has 1 saturated heterocycles. The highest BCUT2D eigenvalue weighted by Crippen LogP contribution is 2.34. The first-order valence-electron chi connectivity index (χ1n) is 11.3. The van der Waals surface area contributed by atoms with Gasteiger partial charge in [0.2, 0.25) is 5.91 Å². The standard InChI is InChI=1S/C24H31N5O3/c1-15-4-3-5-18(10-15)24(32)25-12-22(31)27-19-13-29(14-19)20-8-6-17(7-9-20)23-26-16(2)11-21(30)28-23/h3-5,10-11,17,19-20H,6-9,12-14H2,1-2H3,(H,25,32)(H,27,31)(H,26,28,30)/t17-,20+. The van der Waals surface area contributed by atoms with Gasteiger partial charge in [0, 0.05) is 42.4 Å². The van der Waals surface area contributed by atoms with Crippen molar-refractivity contribution < 1.29 is 9.59 Å². The molecule has 8 heteroatoms. The average molecular weight is 438 g/mol. The summed E-state index contributed by atoms with van der Waals surface area (Å²) in [4.78, 5) is 45.9. The van der Waals surface area contributed by atoms with Crippen molar-refractivity contribution in [1.82, 2.24) is 25.5 Å². The van der Waals surface area contributed by atoms with E-state index in [1.165, 1.54) is 6.07 Å². The van der Waals surface area contributed by atoms with Crippen molar-refractivity contribution in [1.29, 1.82) is 0 Å². The van der Waals surface area contributed by atoms with Crippen LogP contribution in [0, 0.1) is 13.8 Å². The van der Waals surface area contributed by atoms with E-state index in [0.717, 1.165) is 55.9 Å². The summed E-state index contributed by atoms with van der Waals surface area (Å²) in [5.74, 6) is 0.733. The SMILES string of the molecule is Cc1cccc(C(=O)NCC(=O)NC2CN([C@H]3CC[C@@H](c4nc(C)cc(=O)[nH]4)CC3)C2)c1. The molecule has 0 bridgehead atoms. The average Bonchev–Trinajstić information content (AvgIpc) is 2.74. The lowest BCUT2D eigenvalue weighted by Gasteiger charge is -2.46. The number of hydrogen-bond acceptors (Lipinski definition) is 5. The van der Waals surface area contributed by atoms with E-state index in [2.05, 4.69) is 25.5 Å². The molecule has 0 spiro atoms. The molecule has 8 nitrogen and oxygen atoms in total. The second-order valence-electron chi connectivity index (χ2n) is 9.05. The Balaban J connectivity index is 1.16. The third-order valence-corrected chi connectivity index (χ3v) is 6.45. The van der Waals surface area contributed by atoms with E-state index >= 15 is 0 Å². The predicted molar refractivity (Wildman–Crippen MR) is 122 cm³/mol. The van der Waals surface area contributed by atoms with Crippen molar-refractivity contribution in [3.63, 3.8) is 0 Å². The van der Waals surface area contributed by atoms with Crippen LogP contribution in [0.15, 0.2) is 35.1 Å². The lowest BCUT2D eigenvalue weighted by atomic mass is 9.83. The molecule has 1 aliphatic heterocycles. The molecule has 1 aliphatic carbocycles. The van der Waals surface area contributed by atoms with E-state index in [1.807, 2.05) is 26.0 Å². The summed E-state index contributed by atoms with van der Waals surface area (Å²) < 4.78 is 0. The summed E-state index contributed by atoms with van der Waals surface area (Å²) in [6, 6.07) is 9.47. The Kier molecular flexibility index (Phi) is 6.69. The number of benzene rings is 1. The minimum Gasteiger partial charge on any atom is -0.349 e. The van der Waals surface area contributed by atoms with Crippen molar-refractivity contribution in [2.75, 3.05) is 19.6 Å². The van der Waals surface area contributed by atoms with Crippen molar-refractivity contribution in [2.24, 2.45) is 0 Å². The first-order valence-corrected chi connectivity index (χ1v) is 11.3. The predicted octanol–water partition coefficient (Wildman–Crippen LogP) is 1.64. The number of likely N-dealkylation sites (tertiary alicyclic amines) is 1. The molecule has 2 fully saturated rings. The van der Waals surface area contributed by atoms with Crippen LogP contribution in [0.1, 0.15) is 59.0 Å². The van der Waals surface area contributed by atoms with Crippen LogP contribution < -0.4 is 16.2 Å². The number of nitrogens with zero attached hydrogens (tertiary/aromatic N) is 2. The Morgan fingerprint density at radius 2 is 1.88 bits per heavy atom. The fourth-order valence-corrected chi connectivity index (χ4v) is 4.74. The zero-order valence-corrected chi connectivity index (χ0v) is 18.7. The van der Waals surface area contributed by atoms with Gasteiger partial charge in [0.25, 0.3) is 11.5 Å². The second kappa shape index (κ2) is 9.65. The molecule has 1 saturated carbocycles. The van der Waals surface area contributed by atoms with Gasteiger partial charge in [0.05, 0.1) is 12.6 Å². The number of H-pyrrole nitrogens is 1. The molecule has 1 aromatic heterocycles. The van der Waals surface area contributed by atoms with Gasteiger partial charge in [-0.2, -0.15) is 0 Å². The molecule has 1 aromatic carbocycles. The van der Waals surface area contributed by atoms with Crippen LogP contribution in [0.25, 0.3) is 0 Å². The van der Waals surface area contributed by atoms with Crippen LogP contribution in [0.4, 0.5) is 0 Å². The van der Waals surface area contributed by atoms with Crippen molar-refractivity contribution in [2.45, 2.75) is 57.5 Å². The number of aromatic nitrogens is 2. The Bertz CT molecular complexity index is 1040. The number of carbonyl (C=O) groups is 2. The monoisotopic (exact) mass is 437 g/mol. The number of carbonyl (C=O) groups excluding carboxylic acids is 2. The lowest BCUT2D eigenvalue weighted by Crippen LogP contribution is -2.63. The summed E-state index contributed by atoms with van der Waals surface area (Å²) >= 11 is 0. The maximum absolute atomic E-state index is 12.2. The number of aromatic amines is 1. The summed E-state index contributed by atoms with van der Waals surface area (Å²) in [5, 5.41) is 5.69. The highest BCUT2D eigenvalue weighted by Gasteiger charge is 2.35. The molecule has 0 radical (unpaired) electrons. The molecular weight excluding hydrogens is 406 g/mol. The van der Waals surface area contributed by atoms with E-state index in [1.54, 1.807) is 12.1 Å². The van der Waals surface area contributed by atoms with E-state index in [0.29, 0.717) is 17.5 Å². The van der Waals surface area contributed by atoms with Crippen LogP contribution >= 0.6 is 0 Å². The number of nitrogens with one attached hydrogen (secondary N) is 3. The summed E-state index contributed by atoms with van der Waals surface area (Å²) in [6.07, 6.45) is 4.15. The first kappa shape index (κ1) is 22.2. The highest BCUT2D eigenvalue weighted by molar-refractivity contribution is 5.96. The van der Waals surface area contributed by atoms with Gasteiger partial charge in [-0.05, 0) is 51.7 Å². The van der Waals surface area contributed by atoms with Crippen LogP contribution in [0.3, 0.4) is 0 Å². The third kappa shape index (κ3) is 5.43. The number of amides is 2. The van der Waals surface area contributed by atoms with Gasteiger partial charge in [-0.1, -0.05) is 17.7 Å². The third-order valence-electron chi connectivity index (χ3n) is 6.45. The van der Waals surface area contributed by atoms with Gasteiger partial charge in [-0.15, -0.1) is 0 Å². The Hall–Kier alpha value is -3.00. The maximum Gasteiger partial charge on any atom is 0.251 e. The lowest BCUT2D eigenvalue weighted by molar-refractivity contribution is -0.122. The van der Waals surface area contributed by atoms with Crippen molar-refractivity contribution >= 4 is 11.8 Å². The van der Waals surface area contributed by atoms with Gasteiger partial charge in [0.1, 0.15) is 5.82 Å². The van der Waals surface area contributed by atoms with Crippen LogP contribution in [-0.2, 0) is 4.79 Å². The largest absolute Gasteiger partial charge is 0.349 e. The normalized spacial score (nSPS) is 21.6. The van der Waals surface area contributed by atoms with Crippen LogP contribution in [0.2, 0.25) is 0 Å². The fourth-order valence-electron chi connectivity index (χ4n) is 4.74. The zero-order chi connectivity index (χ0) is 22.7. The quantitative estimate of drug-likeness (QED) is 0.637. The molecule has 2 heterocycles. The smallest absolute Gasteiger partial charge is 0.251 e. The molecule has 170 valence electrons. The number of aryl methyl sites for hydroxylation is 2. The van der Waals surface area contributed by atoms with Gasteiger partial charge in [-0.25, -0.2) is 4.98 Å². The Labute approximate surface area is 187 Å². The molecule has 0 unspecified atom stereocenters. The first-order chi connectivity index (χ1) is 15.4. The van der Waals surface area contributed by atoms with Crippen LogP contribution in [-0.4, -0.2) is 58.4 Å². The number of rotatable bonds is 6. The topological polar surface area (TPSA) is 107 Å². The van der Waals surface area contributed by atoms with E-state index in [-0.39, 0.29) is 30.0 Å². The van der Waals surface area contributed by atoms with E-state index in [4.69, 9.17) is 0 Å². The molecule has 4 rings (SSSR count). The molecule has 3 N–H and O–H groups in total. The summed E-state index contributed by atoms with van der Waals surface area (Å²) in [5.41, 5.74) is 2.26. The Morgan fingerprint density at radius 1 is 1.12 bits per heavy atom. The molecule has 2 amide bonds. The maximum atomic E-state index is 12.2. The molecule has 0 atom stereocenters. The van der Waals surface area contributed by atoms with Crippen LogP contribution in [0.5, 0.6) is 0 Å². The summed E-state index contributed by atoms with van der Waals surface area (Å²) in [6.45, 7) is 5.44. The van der Waals surface area contributed by atoms with Crippen molar-refractivity contribution in [3.05, 3.63) is 63.3 Å². The van der Waals surface area contributed by atoms with Crippen molar-refractivity contribution in [3.8, 4) is 0 Å².